The maximum Gasteiger partial charge on any atom is 0.180 e. The number of hydrogen-bond donors (Lipinski definition) is 0. The second-order valence-corrected chi connectivity index (χ2v) is 14.9. The first-order chi connectivity index (χ1) is 28.7. The molecule has 5 heterocycles. The van der Waals surface area contributed by atoms with Gasteiger partial charge < -0.3 is 17.7 Å². The van der Waals surface area contributed by atoms with Crippen LogP contribution < -0.4 is 0 Å². The maximum absolute atomic E-state index is 6.70. The highest BCUT2D eigenvalue weighted by Crippen LogP contribution is 2.43. The fraction of sp³-hybridized carbons (Fsp3) is 0. The van der Waals surface area contributed by atoms with E-state index in [0.29, 0.717) is 17.1 Å². The molecule has 6 nitrogen and oxygen atoms in total. The number of para-hydroxylation sites is 2. The summed E-state index contributed by atoms with van der Waals surface area (Å²) in [6.45, 7) is 0. The van der Waals surface area contributed by atoms with E-state index >= 15 is 0 Å². The molecule has 0 N–H and O–H groups in total. The summed E-state index contributed by atoms with van der Waals surface area (Å²) in [6.07, 6.45) is 0. The van der Waals surface area contributed by atoms with Crippen molar-refractivity contribution in [2.45, 2.75) is 0 Å². The average molecular weight is 745 g/mol. The molecule has 0 aliphatic rings. The van der Waals surface area contributed by atoms with Gasteiger partial charge in [-0.25, -0.2) is 9.97 Å². The molecule has 270 valence electrons. The molecule has 0 saturated heterocycles. The molecule has 0 bridgehead atoms. The van der Waals surface area contributed by atoms with E-state index in [1.807, 2.05) is 72.8 Å². The SMILES string of the molecule is c1ccc(-c2ccc3oc4c(-c5cccc6oc7ccccc7c56)nc(-c5ccc6oc7ccc(-c8ccc9oc%10ccccc%10c9c8)cc7c6c5)nc4c3c2)cc1. The molecule has 13 aromatic rings. The lowest BCUT2D eigenvalue weighted by Gasteiger charge is -2.08. The lowest BCUT2D eigenvalue weighted by atomic mass is 10.00. The molecule has 8 aromatic carbocycles. The van der Waals surface area contributed by atoms with E-state index in [1.54, 1.807) is 0 Å². The summed E-state index contributed by atoms with van der Waals surface area (Å²) < 4.78 is 25.6. The summed E-state index contributed by atoms with van der Waals surface area (Å²) in [5.74, 6) is 0.588. The van der Waals surface area contributed by atoms with Crippen molar-refractivity contribution in [2.75, 3.05) is 0 Å². The van der Waals surface area contributed by atoms with Crippen LogP contribution >= 0.6 is 0 Å². The Hall–Kier alpha value is -7.96. The third-order valence-corrected chi connectivity index (χ3v) is 11.5. The summed E-state index contributed by atoms with van der Waals surface area (Å²) in [6, 6.07) is 58.1. The van der Waals surface area contributed by atoms with Crippen LogP contribution in [0.25, 0.3) is 133 Å². The first-order valence-corrected chi connectivity index (χ1v) is 19.3. The number of rotatable bonds is 4. The van der Waals surface area contributed by atoms with Gasteiger partial charge in [0.05, 0.1) is 0 Å². The van der Waals surface area contributed by atoms with Crippen LogP contribution in [0.5, 0.6) is 0 Å². The van der Waals surface area contributed by atoms with E-state index in [-0.39, 0.29) is 0 Å². The predicted octanol–water partition coefficient (Wildman–Crippen LogP) is 14.7. The highest BCUT2D eigenvalue weighted by atomic mass is 16.3. The standard InChI is InChI=1S/C52H28N2O4/c1-2-9-29(10-3-1)30-17-23-46-40(27-30)50-51(58-46)49(36-13-8-16-47-48(36)35-12-5-7-15-42(35)57-47)53-52(54-50)33-20-24-45-39(28-33)38-26-32(19-22-44(38)56-45)31-18-21-43-37(25-31)34-11-4-6-14-41(34)55-43/h1-28H. The van der Waals surface area contributed by atoms with Crippen LogP contribution in [-0.2, 0) is 0 Å². The van der Waals surface area contributed by atoms with E-state index in [9.17, 15) is 0 Å². The number of furan rings is 4. The monoisotopic (exact) mass is 744 g/mol. The third-order valence-electron chi connectivity index (χ3n) is 11.5. The first-order valence-electron chi connectivity index (χ1n) is 19.3. The van der Waals surface area contributed by atoms with Crippen LogP contribution in [0.3, 0.4) is 0 Å². The van der Waals surface area contributed by atoms with Gasteiger partial charge in [0.15, 0.2) is 11.4 Å². The summed E-state index contributed by atoms with van der Waals surface area (Å²) >= 11 is 0. The topological polar surface area (TPSA) is 78.3 Å². The summed E-state index contributed by atoms with van der Waals surface area (Å²) in [4.78, 5) is 10.7. The van der Waals surface area contributed by atoms with Crippen molar-refractivity contribution >= 4 is 87.9 Å². The maximum atomic E-state index is 6.70. The van der Waals surface area contributed by atoms with Crippen molar-refractivity contribution in [2.24, 2.45) is 0 Å². The quantitative estimate of drug-likeness (QED) is 0.179. The van der Waals surface area contributed by atoms with Crippen LogP contribution in [0, 0.1) is 0 Å². The minimum absolute atomic E-state index is 0.588. The largest absolute Gasteiger partial charge is 0.456 e. The normalized spacial score (nSPS) is 12.1. The smallest absolute Gasteiger partial charge is 0.180 e. The molecule has 5 aromatic heterocycles. The van der Waals surface area contributed by atoms with Crippen molar-refractivity contribution in [3.63, 3.8) is 0 Å². The minimum atomic E-state index is 0.588. The van der Waals surface area contributed by atoms with Gasteiger partial charge in [-0.3, -0.25) is 0 Å². The first kappa shape index (κ1) is 31.3. The van der Waals surface area contributed by atoms with Crippen molar-refractivity contribution in [3.8, 4) is 44.9 Å². The molecule has 0 saturated carbocycles. The van der Waals surface area contributed by atoms with Crippen LogP contribution in [0.15, 0.2) is 188 Å². The molecule has 13 rings (SSSR count). The zero-order valence-electron chi connectivity index (χ0n) is 30.7. The molecule has 0 radical (unpaired) electrons. The van der Waals surface area contributed by atoms with Crippen molar-refractivity contribution < 1.29 is 17.7 Å². The molecule has 6 heteroatoms. The molecule has 0 aliphatic heterocycles. The van der Waals surface area contributed by atoms with E-state index in [2.05, 4.69) is 97.1 Å². The van der Waals surface area contributed by atoms with Gasteiger partial charge >= 0.3 is 0 Å². The Morgan fingerprint density at radius 3 is 1.53 bits per heavy atom. The van der Waals surface area contributed by atoms with E-state index in [0.717, 1.165) is 116 Å². The van der Waals surface area contributed by atoms with Crippen molar-refractivity contribution in [3.05, 3.63) is 170 Å². The Kier molecular flexibility index (Phi) is 6.35. The van der Waals surface area contributed by atoms with E-state index in [4.69, 9.17) is 27.6 Å². The van der Waals surface area contributed by atoms with Gasteiger partial charge in [0.2, 0.25) is 0 Å². The second kappa shape index (κ2) is 11.8. The third kappa shape index (κ3) is 4.60. The summed E-state index contributed by atoms with van der Waals surface area (Å²) in [7, 11) is 0. The second-order valence-electron chi connectivity index (χ2n) is 14.9. The molecule has 0 fully saturated rings. The molecular formula is C52H28N2O4. The fourth-order valence-corrected chi connectivity index (χ4v) is 8.74. The molecule has 0 spiro atoms. The Morgan fingerprint density at radius 2 is 0.810 bits per heavy atom. The number of benzene rings is 8. The predicted molar refractivity (Wildman–Crippen MR) is 233 cm³/mol. The Balaban J connectivity index is 1.03. The Morgan fingerprint density at radius 1 is 0.310 bits per heavy atom. The van der Waals surface area contributed by atoms with Crippen LogP contribution in [-0.4, -0.2) is 9.97 Å². The summed E-state index contributed by atoms with van der Waals surface area (Å²) in [5.41, 5.74) is 14.0. The molecule has 0 aliphatic carbocycles. The van der Waals surface area contributed by atoms with Crippen LogP contribution in [0.2, 0.25) is 0 Å². The Bertz CT molecular complexity index is 3810. The number of hydrogen-bond acceptors (Lipinski definition) is 6. The summed E-state index contributed by atoms with van der Waals surface area (Å²) in [5, 5.41) is 7.13. The van der Waals surface area contributed by atoms with Gasteiger partial charge in [-0.1, -0.05) is 97.1 Å². The molecule has 58 heavy (non-hydrogen) atoms. The zero-order valence-corrected chi connectivity index (χ0v) is 30.7. The van der Waals surface area contributed by atoms with Gasteiger partial charge in [0, 0.05) is 48.8 Å². The molecule has 0 amide bonds. The lowest BCUT2D eigenvalue weighted by molar-refractivity contribution is 0.666. The van der Waals surface area contributed by atoms with Gasteiger partial charge in [0.1, 0.15) is 50.3 Å². The average Bonchev–Trinajstić information content (AvgIpc) is 4.05. The molecule has 0 atom stereocenters. The van der Waals surface area contributed by atoms with Crippen LogP contribution in [0.1, 0.15) is 0 Å². The molecular weight excluding hydrogens is 717 g/mol. The lowest BCUT2D eigenvalue weighted by Crippen LogP contribution is -1.94. The van der Waals surface area contributed by atoms with Crippen LogP contribution in [0.4, 0.5) is 0 Å². The number of nitrogens with zero attached hydrogens (tertiary/aromatic N) is 2. The van der Waals surface area contributed by atoms with E-state index < -0.39 is 0 Å². The highest BCUT2D eigenvalue weighted by molar-refractivity contribution is 6.16. The number of aromatic nitrogens is 2. The Labute approximate surface area is 329 Å². The molecule has 0 unspecified atom stereocenters. The van der Waals surface area contributed by atoms with Crippen molar-refractivity contribution in [1.82, 2.24) is 9.97 Å². The minimum Gasteiger partial charge on any atom is -0.456 e. The highest BCUT2D eigenvalue weighted by Gasteiger charge is 2.23. The van der Waals surface area contributed by atoms with Gasteiger partial charge in [-0.05, 0) is 95.1 Å². The van der Waals surface area contributed by atoms with Crippen molar-refractivity contribution in [1.29, 1.82) is 0 Å². The van der Waals surface area contributed by atoms with Gasteiger partial charge in [-0.15, -0.1) is 0 Å². The van der Waals surface area contributed by atoms with Gasteiger partial charge in [-0.2, -0.15) is 0 Å². The number of fused-ring (bicyclic) bond motifs is 12. The zero-order chi connectivity index (χ0) is 37.9. The van der Waals surface area contributed by atoms with Gasteiger partial charge in [0.25, 0.3) is 0 Å². The fourth-order valence-electron chi connectivity index (χ4n) is 8.74. The van der Waals surface area contributed by atoms with E-state index in [1.165, 1.54) is 0 Å².